The summed E-state index contributed by atoms with van der Waals surface area (Å²) in [6.07, 6.45) is 1.46. The molecule has 7 nitrogen and oxygen atoms in total. The molecule has 26 heavy (non-hydrogen) atoms. The number of anilines is 1. The topological polar surface area (TPSA) is 81.9 Å². The Morgan fingerprint density at radius 1 is 1.23 bits per heavy atom. The zero-order valence-electron chi connectivity index (χ0n) is 15.1. The number of nitrogens with zero attached hydrogens (tertiary/aromatic N) is 4. The van der Waals surface area contributed by atoms with Crippen LogP contribution in [-0.4, -0.2) is 39.6 Å². The lowest BCUT2D eigenvalue weighted by Gasteiger charge is -2.07. The molecule has 0 aliphatic heterocycles. The van der Waals surface area contributed by atoms with Crippen molar-refractivity contribution in [3.63, 3.8) is 0 Å². The van der Waals surface area contributed by atoms with Gasteiger partial charge in [-0.05, 0) is 19.9 Å². The van der Waals surface area contributed by atoms with Gasteiger partial charge < -0.3 is 10.1 Å². The maximum atomic E-state index is 12.7. The second-order valence-corrected chi connectivity index (χ2v) is 5.91. The Hall–Kier alpha value is -3.06. The van der Waals surface area contributed by atoms with Gasteiger partial charge in [-0.15, -0.1) is 0 Å². The van der Waals surface area contributed by atoms with Crippen molar-refractivity contribution in [2.24, 2.45) is 0 Å². The van der Waals surface area contributed by atoms with Crippen molar-refractivity contribution in [3.05, 3.63) is 59.5 Å². The van der Waals surface area contributed by atoms with Crippen LogP contribution in [0.2, 0.25) is 0 Å². The van der Waals surface area contributed by atoms with E-state index in [2.05, 4.69) is 20.6 Å². The highest BCUT2D eigenvalue weighted by atomic mass is 16.5. The quantitative estimate of drug-likeness (QED) is 0.738. The number of ether oxygens (including phenoxy) is 1. The summed E-state index contributed by atoms with van der Waals surface area (Å²) in [7, 11) is 1.65. The van der Waals surface area contributed by atoms with E-state index >= 15 is 0 Å². The highest BCUT2D eigenvalue weighted by molar-refractivity contribution is 6.05. The first-order chi connectivity index (χ1) is 12.6. The number of aryl methyl sites for hydroxylation is 1. The minimum Gasteiger partial charge on any atom is -0.383 e. The van der Waals surface area contributed by atoms with Crippen LogP contribution in [-0.2, 0) is 11.3 Å². The van der Waals surface area contributed by atoms with Crippen LogP contribution in [0.3, 0.4) is 0 Å². The number of hydrogen-bond acceptors (Lipinski definition) is 5. The van der Waals surface area contributed by atoms with Gasteiger partial charge >= 0.3 is 0 Å². The van der Waals surface area contributed by atoms with Crippen molar-refractivity contribution in [3.8, 4) is 11.3 Å². The van der Waals surface area contributed by atoms with E-state index in [0.29, 0.717) is 30.1 Å². The predicted molar refractivity (Wildman–Crippen MR) is 99.0 cm³/mol. The Bertz CT molecular complexity index is 906. The lowest BCUT2D eigenvalue weighted by atomic mass is 10.1. The molecule has 0 aliphatic rings. The van der Waals surface area contributed by atoms with Gasteiger partial charge in [0.05, 0.1) is 47.7 Å². The number of carbonyl (C=O) groups is 1. The van der Waals surface area contributed by atoms with Crippen molar-refractivity contribution >= 4 is 11.6 Å². The molecule has 0 radical (unpaired) electrons. The van der Waals surface area contributed by atoms with Crippen LogP contribution in [0.25, 0.3) is 11.3 Å². The molecule has 1 amide bonds. The van der Waals surface area contributed by atoms with Gasteiger partial charge in [-0.1, -0.05) is 30.3 Å². The molecule has 0 saturated carbocycles. The summed E-state index contributed by atoms with van der Waals surface area (Å²) >= 11 is 0. The summed E-state index contributed by atoms with van der Waals surface area (Å²) in [4.78, 5) is 12.7. The fourth-order valence-corrected chi connectivity index (χ4v) is 2.70. The van der Waals surface area contributed by atoms with E-state index < -0.39 is 0 Å². The maximum absolute atomic E-state index is 12.7. The van der Waals surface area contributed by atoms with Crippen LogP contribution in [0.15, 0.2) is 42.6 Å². The SMILES string of the molecule is COCCn1nc(C)c(NC(=O)c2cnnc(-c3ccccc3)c2)c1C. The number of hydrogen-bond donors (Lipinski definition) is 1. The van der Waals surface area contributed by atoms with E-state index in [1.807, 2.05) is 48.9 Å². The fourth-order valence-electron chi connectivity index (χ4n) is 2.70. The standard InChI is InChI=1S/C19H21N5O2/c1-13-18(14(2)24(23-13)9-10-26-3)21-19(25)16-11-17(22-20-12-16)15-7-5-4-6-8-15/h4-8,11-12H,9-10H2,1-3H3,(H,21,25). The first kappa shape index (κ1) is 17.8. The lowest BCUT2D eigenvalue weighted by Crippen LogP contribution is -2.14. The third-order valence-corrected chi connectivity index (χ3v) is 4.11. The second-order valence-electron chi connectivity index (χ2n) is 5.91. The first-order valence-electron chi connectivity index (χ1n) is 8.32. The van der Waals surface area contributed by atoms with Gasteiger partial charge in [-0.3, -0.25) is 9.48 Å². The summed E-state index contributed by atoms with van der Waals surface area (Å²) < 4.78 is 6.92. The highest BCUT2D eigenvalue weighted by Crippen LogP contribution is 2.21. The van der Waals surface area contributed by atoms with Crippen LogP contribution in [0.1, 0.15) is 21.7 Å². The monoisotopic (exact) mass is 351 g/mol. The minimum atomic E-state index is -0.241. The van der Waals surface area contributed by atoms with E-state index in [9.17, 15) is 4.79 Å². The van der Waals surface area contributed by atoms with Crippen LogP contribution in [0, 0.1) is 13.8 Å². The fraction of sp³-hybridized carbons (Fsp3) is 0.263. The highest BCUT2D eigenvalue weighted by Gasteiger charge is 2.16. The molecular formula is C19H21N5O2. The molecule has 2 aromatic heterocycles. The molecule has 0 spiro atoms. The Labute approximate surface area is 152 Å². The van der Waals surface area contributed by atoms with E-state index in [1.165, 1.54) is 6.20 Å². The third kappa shape index (κ3) is 3.78. The van der Waals surface area contributed by atoms with Gasteiger partial charge in [0.1, 0.15) is 0 Å². The van der Waals surface area contributed by atoms with Gasteiger partial charge in [-0.25, -0.2) is 0 Å². The molecule has 1 N–H and O–H groups in total. The Balaban J connectivity index is 1.82. The van der Waals surface area contributed by atoms with Crippen molar-refractivity contribution in [1.29, 1.82) is 0 Å². The number of amides is 1. The van der Waals surface area contributed by atoms with E-state index in [-0.39, 0.29) is 5.91 Å². The Morgan fingerprint density at radius 3 is 2.73 bits per heavy atom. The second kappa shape index (κ2) is 7.88. The van der Waals surface area contributed by atoms with Crippen LogP contribution in [0.5, 0.6) is 0 Å². The largest absolute Gasteiger partial charge is 0.383 e. The zero-order valence-corrected chi connectivity index (χ0v) is 15.1. The molecule has 0 aliphatic carbocycles. The van der Waals surface area contributed by atoms with Crippen LogP contribution < -0.4 is 5.32 Å². The van der Waals surface area contributed by atoms with Crippen molar-refractivity contribution in [2.75, 3.05) is 19.0 Å². The smallest absolute Gasteiger partial charge is 0.257 e. The average molecular weight is 351 g/mol. The number of rotatable bonds is 6. The number of benzene rings is 1. The van der Waals surface area contributed by atoms with Gasteiger partial charge in [0.2, 0.25) is 0 Å². The van der Waals surface area contributed by atoms with Gasteiger partial charge in [0, 0.05) is 12.7 Å². The summed E-state index contributed by atoms with van der Waals surface area (Å²) in [5, 5.41) is 15.5. The molecule has 1 aromatic carbocycles. The number of carbonyl (C=O) groups excluding carboxylic acids is 1. The predicted octanol–water partition coefficient (Wildman–Crippen LogP) is 2.86. The molecule has 3 rings (SSSR count). The Morgan fingerprint density at radius 2 is 2.00 bits per heavy atom. The zero-order chi connectivity index (χ0) is 18.5. The van der Waals surface area contributed by atoms with E-state index in [1.54, 1.807) is 13.2 Å². The van der Waals surface area contributed by atoms with E-state index in [4.69, 9.17) is 4.74 Å². The van der Waals surface area contributed by atoms with Crippen LogP contribution >= 0.6 is 0 Å². The molecule has 7 heteroatoms. The molecular weight excluding hydrogens is 330 g/mol. The molecule has 2 heterocycles. The lowest BCUT2D eigenvalue weighted by molar-refractivity contribution is 0.102. The molecule has 0 fully saturated rings. The summed E-state index contributed by atoms with van der Waals surface area (Å²) in [5.41, 5.74) is 4.37. The summed E-state index contributed by atoms with van der Waals surface area (Å²) in [5.74, 6) is -0.241. The summed E-state index contributed by atoms with van der Waals surface area (Å²) in [6.45, 7) is 4.98. The van der Waals surface area contributed by atoms with Gasteiger partial charge in [-0.2, -0.15) is 15.3 Å². The maximum Gasteiger partial charge on any atom is 0.257 e. The average Bonchev–Trinajstić information content (AvgIpc) is 2.94. The summed E-state index contributed by atoms with van der Waals surface area (Å²) in [6, 6.07) is 11.4. The van der Waals surface area contributed by atoms with Gasteiger partial charge in [0.15, 0.2) is 0 Å². The normalized spacial score (nSPS) is 10.7. The molecule has 3 aromatic rings. The number of methoxy groups -OCH3 is 1. The number of nitrogens with one attached hydrogen (secondary N) is 1. The van der Waals surface area contributed by atoms with Crippen LogP contribution in [0.4, 0.5) is 5.69 Å². The Kier molecular flexibility index (Phi) is 5.38. The molecule has 0 bridgehead atoms. The van der Waals surface area contributed by atoms with Gasteiger partial charge in [0.25, 0.3) is 5.91 Å². The molecule has 0 saturated heterocycles. The van der Waals surface area contributed by atoms with Crippen molar-refractivity contribution < 1.29 is 9.53 Å². The molecule has 134 valence electrons. The number of aromatic nitrogens is 4. The molecule has 0 unspecified atom stereocenters. The minimum absolute atomic E-state index is 0.241. The van der Waals surface area contributed by atoms with E-state index in [0.717, 1.165) is 17.0 Å². The first-order valence-corrected chi connectivity index (χ1v) is 8.32. The van der Waals surface area contributed by atoms with Crippen molar-refractivity contribution in [2.45, 2.75) is 20.4 Å². The molecule has 0 atom stereocenters. The van der Waals surface area contributed by atoms with Crippen molar-refractivity contribution in [1.82, 2.24) is 20.0 Å². The third-order valence-electron chi connectivity index (χ3n) is 4.11.